The van der Waals surface area contributed by atoms with Crippen molar-refractivity contribution in [2.75, 3.05) is 13.2 Å². The number of nitrogens with one attached hydrogen (secondary N) is 1. The number of carbonyl (C=O) groups is 1. The Labute approximate surface area is 123 Å². The maximum Gasteiger partial charge on any atom is 0.449 e. The summed E-state index contributed by atoms with van der Waals surface area (Å²) in [6.45, 7) is 0.278. The predicted octanol–water partition coefficient (Wildman–Crippen LogP) is 1.57. The zero-order valence-corrected chi connectivity index (χ0v) is 11.4. The fourth-order valence-electron chi connectivity index (χ4n) is 2.67. The van der Waals surface area contributed by atoms with Crippen LogP contribution in [-0.2, 0) is 6.18 Å². The highest BCUT2D eigenvalue weighted by molar-refractivity contribution is 6.04. The lowest BCUT2D eigenvalue weighted by Gasteiger charge is -2.22. The molecule has 1 aliphatic rings. The molecule has 9 heteroatoms. The third kappa shape index (κ3) is 2.41. The van der Waals surface area contributed by atoms with Gasteiger partial charge in [-0.1, -0.05) is 0 Å². The first-order valence-electron chi connectivity index (χ1n) is 6.74. The number of imidazole rings is 1. The molecule has 0 bridgehead atoms. The zero-order chi connectivity index (χ0) is 15.9. The van der Waals surface area contributed by atoms with Crippen LogP contribution < -0.4 is 0 Å². The summed E-state index contributed by atoms with van der Waals surface area (Å²) >= 11 is 0. The smallest absolute Gasteiger partial charge is 0.394 e. The van der Waals surface area contributed by atoms with Crippen molar-refractivity contribution >= 4 is 16.9 Å². The fourth-order valence-corrected chi connectivity index (χ4v) is 2.67. The van der Waals surface area contributed by atoms with E-state index in [9.17, 15) is 23.1 Å². The summed E-state index contributed by atoms with van der Waals surface area (Å²) in [7, 11) is 0. The van der Waals surface area contributed by atoms with Crippen LogP contribution in [0.25, 0.3) is 11.0 Å². The Morgan fingerprint density at radius 3 is 2.91 bits per heavy atom. The molecule has 6 nitrogen and oxygen atoms in total. The van der Waals surface area contributed by atoms with Crippen LogP contribution in [0.5, 0.6) is 0 Å². The van der Waals surface area contributed by atoms with Crippen molar-refractivity contribution in [2.24, 2.45) is 0 Å². The summed E-state index contributed by atoms with van der Waals surface area (Å²) in [5, 5.41) is 9.28. The maximum absolute atomic E-state index is 12.7. The van der Waals surface area contributed by atoms with Gasteiger partial charge in [-0.2, -0.15) is 13.2 Å². The Kier molecular flexibility index (Phi) is 3.51. The van der Waals surface area contributed by atoms with E-state index >= 15 is 0 Å². The molecule has 3 heterocycles. The van der Waals surface area contributed by atoms with Gasteiger partial charge in [0.2, 0.25) is 5.82 Å². The molecule has 2 aromatic rings. The van der Waals surface area contributed by atoms with Crippen molar-refractivity contribution in [3.63, 3.8) is 0 Å². The SMILES string of the molecule is O=C(c1cncc2[nH]c(C(F)(F)F)nc12)N1CCC[C@H]1CO. The first kappa shape index (κ1) is 14.8. The van der Waals surface area contributed by atoms with Crippen molar-refractivity contribution < 1.29 is 23.1 Å². The number of nitrogens with zero attached hydrogens (tertiary/aromatic N) is 3. The van der Waals surface area contributed by atoms with Crippen molar-refractivity contribution in [3.05, 3.63) is 23.8 Å². The number of rotatable bonds is 2. The van der Waals surface area contributed by atoms with E-state index in [1.807, 2.05) is 0 Å². The van der Waals surface area contributed by atoms with Gasteiger partial charge in [-0.15, -0.1) is 0 Å². The number of amides is 1. The number of pyridine rings is 1. The minimum atomic E-state index is -4.62. The van der Waals surface area contributed by atoms with Crippen LogP contribution in [-0.4, -0.2) is 50.1 Å². The number of hydrogen-bond acceptors (Lipinski definition) is 4. The summed E-state index contributed by atoms with van der Waals surface area (Å²) in [5.41, 5.74) is -0.00145. The third-order valence-electron chi connectivity index (χ3n) is 3.74. The minimum Gasteiger partial charge on any atom is -0.394 e. The highest BCUT2D eigenvalue weighted by Crippen LogP contribution is 2.30. The van der Waals surface area contributed by atoms with Crippen molar-refractivity contribution in [3.8, 4) is 0 Å². The Hall–Kier alpha value is -2.16. The predicted molar refractivity (Wildman–Crippen MR) is 70.0 cm³/mol. The number of fused-ring (bicyclic) bond motifs is 1. The van der Waals surface area contributed by atoms with Gasteiger partial charge < -0.3 is 15.0 Å². The number of alkyl halides is 3. The quantitative estimate of drug-likeness (QED) is 0.881. The molecule has 1 saturated heterocycles. The van der Waals surface area contributed by atoms with Gasteiger partial charge in [0.1, 0.15) is 5.52 Å². The average molecular weight is 314 g/mol. The Balaban J connectivity index is 2.03. The van der Waals surface area contributed by atoms with Gasteiger partial charge in [-0.05, 0) is 12.8 Å². The van der Waals surface area contributed by atoms with Crippen LogP contribution in [0.2, 0.25) is 0 Å². The monoisotopic (exact) mass is 314 g/mol. The molecule has 3 rings (SSSR count). The molecule has 0 radical (unpaired) electrons. The van der Waals surface area contributed by atoms with Gasteiger partial charge in [0.05, 0.1) is 29.9 Å². The van der Waals surface area contributed by atoms with Gasteiger partial charge >= 0.3 is 6.18 Å². The summed E-state index contributed by atoms with van der Waals surface area (Å²) in [6, 6.07) is -0.316. The molecule has 1 fully saturated rings. The topological polar surface area (TPSA) is 82.1 Å². The second kappa shape index (κ2) is 5.24. The van der Waals surface area contributed by atoms with Crippen LogP contribution in [0.3, 0.4) is 0 Å². The fraction of sp³-hybridized carbons (Fsp3) is 0.462. The molecule has 0 saturated carbocycles. The Bertz CT molecular complexity index is 713. The van der Waals surface area contributed by atoms with E-state index in [1.54, 1.807) is 0 Å². The molecule has 0 spiro atoms. The summed E-state index contributed by atoms with van der Waals surface area (Å²) in [6.07, 6.45) is -0.810. The summed E-state index contributed by atoms with van der Waals surface area (Å²) in [4.78, 5) is 23.4. The van der Waals surface area contributed by atoms with E-state index in [4.69, 9.17) is 0 Å². The second-order valence-corrected chi connectivity index (χ2v) is 5.14. The van der Waals surface area contributed by atoms with E-state index in [0.717, 1.165) is 6.42 Å². The number of carbonyl (C=O) groups excluding carboxylic acids is 1. The zero-order valence-electron chi connectivity index (χ0n) is 11.4. The number of hydrogen-bond donors (Lipinski definition) is 2. The van der Waals surface area contributed by atoms with Gasteiger partial charge in [0, 0.05) is 12.7 Å². The molecule has 2 N–H and O–H groups in total. The lowest BCUT2D eigenvalue weighted by molar-refractivity contribution is -0.144. The van der Waals surface area contributed by atoms with Crippen molar-refractivity contribution in [2.45, 2.75) is 25.1 Å². The number of aliphatic hydroxyl groups is 1. The van der Waals surface area contributed by atoms with E-state index in [1.165, 1.54) is 17.3 Å². The molecular weight excluding hydrogens is 301 g/mol. The van der Waals surface area contributed by atoms with Crippen LogP contribution in [0.15, 0.2) is 12.4 Å². The van der Waals surface area contributed by atoms with Crippen LogP contribution in [0.4, 0.5) is 13.2 Å². The second-order valence-electron chi connectivity index (χ2n) is 5.14. The molecule has 0 aliphatic carbocycles. The molecule has 2 aromatic heterocycles. The maximum atomic E-state index is 12.7. The molecular formula is C13H13F3N4O2. The number of likely N-dealkylation sites (tertiary alicyclic amines) is 1. The molecule has 1 amide bonds. The highest BCUT2D eigenvalue weighted by Gasteiger charge is 2.36. The van der Waals surface area contributed by atoms with Crippen LogP contribution in [0, 0.1) is 0 Å². The number of H-pyrrole nitrogens is 1. The molecule has 118 valence electrons. The lowest BCUT2D eigenvalue weighted by Crippen LogP contribution is -2.37. The number of aliphatic hydroxyl groups excluding tert-OH is 1. The summed E-state index contributed by atoms with van der Waals surface area (Å²) in [5.74, 6) is -1.63. The molecule has 0 unspecified atom stereocenters. The van der Waals surface area contributed by atoms with E-state index < -0.39 is 17.9 Å². The van der Waals surface area contributed by atoms with Crippen molar-refractivity contribution in [1.82, 2.24) is 19.9 Å². The third-order valence-corrected chi connectivity index (χ3v) is 3.74. The van der Waals surface area contributed by atoms with E-state index in [0.29, 0.717) is 13.0 Å². The highest BCUT2D eigenvalue weighted by atomic mass is 19.4. The molecule has 1 atom stereocenters. The largest absolute Gasteiger partial charge is 0.449 e. The van der Waals surface area contributed by atoms with Gasteiger partial charge in [0.25, 0.3) is 5.91 Å². The first-order valence-corrected chi connectivity index (χ1v) is 6.74. The van der Waals surface area contributed by atoms with E-state index in [-0.39, 0.29) is 29.2 Å². The lowest BCUT2D eigenvalue weighted by atomic mass is 10.2. The van der Waals surface area contributed by atoms with Crippen molar-refractivity contribution in [1.29, 1.82) is 0 Å². The van der Waals surface area contributed by atoms with Crippen LogP contribution >= 0.6 is 0 Å². The number of aromatic nitrogens is 3. The Morgan fingerprint density at radius 2 is 2.23 bits per heavy atom. The first-order chi connectivity index (χ1) is 10.4. The standard InChI is InChI=1S/C13H13F3N4O2/c14-13(15,16)12-18-9-5-17-4-8(10(9)19-12)11(22)20-3-1-2-7(20)6-21/h4-5,7,21H,1-3,6H2,(H,18,19)/t7-/m0/s1. The number of aromatic amines is 1. The van der Waals surface area contributed by atoms with Gasteiger partial charge in [-0.3, -0.25) is 9.78 Å². The molecule has 22 heavy (non-hydrogen) atoms. The van der Waals surface area contributed by atoms with Crippen LogP contribution in [0.1, 0.15) is 29.0 Å². The summed E-state index contributed by atoms with van der Waals surface area (Å²) < 4.78 is 38.2. The molecule has 1 aliphatic heterocycles. The molecule has 0 aromatic carbocycles. The average Bonchev–Trinajstić information content (AvgIpc) is 3.11. The normalized spacial score (nSPS) is 19.1. The van der Waals surface area contributed by atoms with Gasteiger partial charge in [-0.25, -0.2) is 4.98 Å². The van der Waals surface area contributed by atoms with E-state index in [2.05, 4.69) is 15.0 Å². The minimum absolute atomic E-state index is 0.00426. The van der Waals surface area contributed by atoms with Gasteiger partial charge in [0.15, 0.2) is 0 Å². The number of halogens is 3. The Morgan fingerprint density at radius 1 is 1.45 bits per heavy atom.